The molecule has 3 nitrogen and oxygen atoms in total. The third-order valence-corrected chi connectivity index (χ3v) is 5.21. The van der Waals surface area contributed by atoms with Gasteiger partial charge in [0.25, 0.3) is 0 Å². The fourth-order valence-electron chi connectivity index (χ4n) is 3.53. The van der Waals surface area contributed by atoms with Crippen molar-refractivity contribution in [2.75, 3.05) is 13.1 Å². The van der Waals surface area contributed by atoms with Crippen molar-refractivity contribution in [2.45, 2.75) is 66.2 Å². The van der Waals surface area contributed by atoms with Gasteiger partial charge in [0.1, 0.15) is 0 Å². The zero-order valence-corrected chi connectivity index (χ0v) is 15.8. The van der Waals surface area contributed by atoms with Gasteiger partial charge in [-0.1, -0.05) is 32.1 Å². The first kappa shape index (κ1) is 18.7. The highest BCUT2D eigenvalue weighted by Gasteiger charge is 2.19. The summed E-state index contributed by atoms with van der Waals surface area (Å²) in [6, 6.07) is 4.10. The molecule has 1 aromatic carbocycles. The van der Waals surface area contributed by atoms with Crippen molar-refractivity contribution >= 4 is 17.8 Å². The molecule has 0 aliphatic heterocycles. The molecular formula is C21H32N2O. The van der Waals surface area contributed by atoms with E-state index >= 15 is 0 Å². The van der Waals surface area contributed by atoms with Gasteiger partial charge in [-0.25, -0.2) is 4.99 Å². The van der Waals surface area contributed by atoms with E-state index in [-0.39, 0.29) is 0 Å². The van der Waals surface area contributed by atoms with Gasteiger partial charge < -0.3 is 4.90 Å². The zero-order valence-electron chi connectivity index (χ0n) is 15.8. The second kappa shape index (κ2) is 9.00. The molecule has 0 radical (unpaired) electrons. The Balaban J connectivity index is 2.12. The molecule has 0 heterocycles. The van der Waals surface area contributed by atoms with Crippen LogP contribution in [0, 0.1) is 19.8 Å². The van der Waals surface area contributed by atoms with Crippen LogP contribution in [0.15, 0.2) is 17.1 Å². The summed E-state index contributed by atoms with van der Waals surface area (Å²) in [6.07, 6.45) is 8.96. The molecule has 1 aliphatic carbocycles. The maximum absolute atomic E-state index is 12.7. The summed E-state index contributed by atoms with van der Waals surface area (Å²) >= 11 is 0. The fraction of sp³-hybridized carbons (Fsp3) is 0.619. The lowest BCUT2D eigenvalue weighted by atomic mass is 9.84. The predicted octanol–water partition coefficient (Wildman–Crippen LogP) is 5.46. The minimum atomic E-state index is 0.307. The number of rotatable bonds is 7. The summed E-state index contributed by atoms with van der Waals surface area (Å²) in [5.74, 6) is 0.896. The highest BCUT2D eigenvalue weighted by Crippen LogP contribution is 2.29. The predicted molar refractivity (Wildman–Crippen MR) is 103 cm³/mol. The largest absolute Gasteiger partial charge is 0.363 e. The lowest BCUT2D eigenvalue weighted by Gasteiger charge is -2.21. The maximum Gasteiger partial charge on any atom is 0.163 e. The van der Waals surface area contributed by atoms with E-state index in [9.17, 15) is 4.79 Å². The molecule has 24 heavy (non-hydrogen) atoms. The second-order valence-corrected chi connectivity index (χ2v) is 7.05. The number of benzene rings is 1. The minimum absolute atomic E-state index is 0.307. The van der Waals surface area contributed by atoms with Gasteiger partial charge in [0.15, 0.2) is 5.78 Å². The van der Waals surface area contributed by atoms with Crippen molar-refractivity contribution in [2.24, 2.45) is 10.9 Å². The molecule has 0 aromatic heterocycles. The average molecular weight is 329 g/mol. The molecule has 0 amide bonds. The van der Waals surface area contributed by atoms with Crippen LogP contribution in [0.5, 0.6) is 0 Å². The van der Waals surface area contributed by atoms with Crippen LogP contribution in [0.3, 0.4) is 0 Å². The maximum atomic E-state index is 12.7. The third-order valence-electron chi connectivity index (χ3n) is 5.21. The Labute approximate surface area is 147 Å². The molecule has 0 atom stereocenters. The molecule has 2 rings (SSSR count). The minimum Gasteiger partial charge on any atom is -0.363 e. The van der Waals surface area contributed by atoms with Gasteiger partial charge in [0, 0.05) is 25.1 Å². The molecule has 0 N–H and O–H groups in total. The second-order valence-electron chi connectivity index (χ2n) is 7.05. The molecule has 0 unspecified atom stereocenters. The highest BCUT2D eigenvalue weighted by molar-refractivity contribution is 5.98. The summed E-state index contributed by atoms with van der Waals surface area (Å²) in [6.45, 7) is 10.2. The number of hydrogen-bond acceptors (Lipinski definition) is 2. The van der Waals surface area contributed by atoms with Crippen molar-refractivity contribution < 1.29 is 4.79 Å². The van der Waals surface area contributed by atoms with Gasteiger partial charge in [-0.05, 0) is 56.9 Å². The van der Waals surface area contributed by atoms with Crippen LogP contribution in [0.2, 0.25) is 0 Å². The Hall–Kier alpha value is -1.64. The number of nitrogens with zero attached hydrogens (tertiary/aromatic N) is 2. The third kappa shape index (κ3) is 4.93. The number of aliphatic imine (C=N–C) groups is 1. The van der Waals surface area contributed by atoms with Crippen molar-refractivity contribution in [1.29, 1.82) is 0 Å². The van der Waals surface area contributed by atoms with Crippen molar-refractivity contribution in [3.63, 3.8) is 0 Å². The van der Waals surface area contributed by atoms with Crippen LogP contribution >= 0.6 is 0 Å². The Morgan fingerprint density at radius 3 is 2.42 bits per heavy atom. The van der Waals surface area contributed by atoms with E-state index in [4.69, 9.17) is 0 Å². The Morgan fingerprint density at radius 1 is 1.12 bits per heavy atom. The fourth-order valence-corrected chi connectivity index (χ4v) is 3.53. The van der Waals surface area contributed by atoms with Crippen LogP contribution in [0.4, 0.5) is 5.69 Å². The van der Waals surface area contributed by atoms with Crippen LogP contribution < -0.4 is 0 Å². The molecule has 0 spiro atoms. The van der Waals surface area contributed by atoms with Crippen molar-refractivity contribution in [3.05, 3.63) is 28.8 Å². The first-order valence-corrected chi connectivity index (χ1v) is 9.47. The van der Waals surface area contributed by atoms with E-state index in [0.717, 1.165) is 35.5 Å². The van der Waals surface area contributed by atoms with Crippen LogP contribution in [0.1, 0.15) is 73.9 Å². The first-order chi connectivity index (χ1) is 11.5. The van der Waals surface area contributed by atoms with E-state index in [2.05, 4.69) is 29.8 Å². The quantitative estimate of drug-likeness (QED) is 0.378. The molecule has 1 aliphatic rings. The standard InChI is InChI=1S/C21H32N2O/c1-5-23(6-2)15-22-20-13-16(3)19(12-17(20)4)21(24)14-18-10-8-7-9-11-18/h12-13,15,18H,5-11,14H2,1-4H3. The number of aryl methyl sites for hydroxylation is 2. The van der Waals surface area contributed by atoms with Gasteiger partial charge >= 0.3 is 0 Å². The van der Waals surface area contributed by atoms with Crippen molar-refractivity contribution in [1.82, 2.24) is 4.90 Å². The van der Waals surface area contributed by atoms with Crippen LogP contribution in [-0.2, 0) is 0 Å². The first-order valence-electron chi connectivity index (χ1n) is 9.47. The number of ketones is 1. The van der Waals surface area contributed by atoms with E-state index in [0.29, 0.717) is 18.1 Å². The van der Waals surface area contributed by atoms with Crippen molar-refractivity contribution in [3.8, 4) is 0 Å². The van der Waals surface area contributed by atoms with Gasteiger partial charge in [0.05, 0.1) is 12.0 Å². The van der Waals surface area contributed by atoms with Gasteiger partial charge in [0.2, 0.25) is 0 Å². The van der Waals surface area contributed by atoms with Gasteiger partial charge in [-0.3, -0.25) is 4.79 Å². The molecule has 0 saturated heterocycles. The zero-order chi connectivity index (χ0) is 17.5. The van der Waals surface area contributed by atoms with E-state index < -0.39 is 0 Å². The monoisotopic (exact) mass is 328 g/mol. The Kier molecular flexibility index (Phi) is 7.01. The number of carbonyl (C=O) groups is 1. The van der Waals surface area contributed by atoms with E-state index in [1.165, 1.54) is 32.1 Å². The summed E-state index contributed by atoms with van der Waals surface area (Å²) in [7, 11) is 0. The van der Waals surface area contributed by atoms with Gasteiger partial charge in [-0.2, -0.15) is 0 Å². The summed E-state index contributed by atoms with van der Waals surface area (Å²) in [4.78, 5) is 19.5. The molecule has 1 fully saturated rings. The highest BCUT2D eigenvalue weighted by atomic mass is 16.1. The lowest BCUT2D eigenvalue weighted by Crippen LogP contribution is -2.20. The van der Waals surface area contributed by atoms with E-state index in [1.807, 2.05) is 26.3 Å². The molecule has 0 bridgehead atoms. The van der Waals surface area contributed by atoms with Gasteiger partial charge in [-0.15, -0.1) is 0 Å². The molecule has 132 valence electrons. The SMILES string of the molecule is CCN(C=Nc1cc(C)c(C(=O)CC2CCCCC2)cc1C)CC. The number of hydrogen-bond donors (Lipinski definition) is 0. The Morgan fingerprint density at radius 2 is 1.79 bits per heavy atom. The van der Waals surface area contributed by atoms with Crippen LogP contribution in [0.25, 0.3) is 0 Å². The Bertz CT molecular complexity index is 582. The van der Waals surface area contributed by atoms with E-state index in [1.54, 1.807) is 0 Å². The smallest absolute Gasteiger partial charge is 0.163 e. The molecule has 1 saturated carbocycles. The lowest BCUT2D eigenvalue weighted by molar-refractivity contribution is 0.0949. The van der Waals surface area contributed by atoms with Crippen LogP contribution in [-0.4, -0.2) is 30.1 Å². The average Bonchev–Trinajstić information content (AvgIpc) is 2.59. The number of carbonyl (C=O) groups excluding carboxylic acids is 1. The summed E-state index contributed by atoms with van der Waals surface area (Å²) in [5, 5.41) is 0. The topological polar surface area (TPSA) is 32.7 Å². The summed E-state index contributed by atoms with van der Waals surface area (Å²) in [5.41, 5.74) is 3.98. The molecular weight excluding hydrogens is 296 g/mol. The molecule has 3 heteroatoms. The number of Topliss-reactive ketones (excluding diaryl/α,β-unsaturated/α-hetero) is 1. The normalized spacial score (nSPS) is 15.8. The summed E-state index contributed by atoms with van der Waals surface area (Å²) < 4.78 is 0. The molecule has 1 aromatic rings.